The van der Waals surface area contributed by atoms with E-state index in [2.05, 4.69) is 51.8 Å². The summed E-state index contributed by atoms with van der Waals surface area (Å²) in [5.41, 5.74) is 1.31. The summed E-state index contributed by atoms with van der Waals surface area (Å²) in [4.78, 5) is 0.270. The lowest BCUT2D eigenvalue weighted by Crippen LogP contribution is -2.43. The molecule has 1 aliphatic rings. The summed E-state index contributed by atoms with van der Waals surface area (Å²) in [6, 6.07) is 0. The van der Waals surface area contributed by atoms with Gasteiger partial charge in [0, 0.05) is 15.5 Å². The number of alkyl halides is 4. The van der Waals surface area contributed by atoms with Crippen molar-refractivity contribution in [3.8, 4) is 0 Å². The summed E-state index contributed by atoms with van der Waals surface area (Å²) in [7, 11) is 0. The Hall–Kier alpha value is 1.28. The molecular formula is C10H14Br2Cl2. The van der Waals surface area contributed by atoms with Gasteiger partial charge in [0.1, 0.15) is 0 Å². The van der Waals surface area contributed by atoms with Gasteiger partial charge in [0.2, 0.25) is 0 Å². The first-order valence-corrected chi connectivity index (χ1v) is 7.50. The van der Waals surface area contributed by atoms with E-state index >= 15 is 0 Å². The molecule has 0 N–H and O–H groups in total. The topological polar surface area (TPSA) is 0 Å². The minimum atomic E-state index is 0.0565. The Morgan fingerprint density at radius 3 is 2.57 bits per heavy atom. The molecule has 0 aromatic carbocycles. The average Bonchev–Trinajstić information content (AvgIpc) is 2.10. The molecule has 0 radical (unpaired) electrons. The maximum absolute atomic E-state index is 6.31. The Labute approximate surface area is 113 Å². The van der Waals surface area contributed by atoms with Gasteiger partial charge >= 0.3 is 0 Å². The molecule has 1 aliphatic carbocycles. The number of rotatable bonds is 1. The molecule has 0 aliphatic heterocycles. The molecule has 0 saturated heterocycles. The van der Waals surface area contributed by atoms with Gasteiger partial charge < -0.3 is 0 Å². The summed E-state index contributed by atoms with van der Waals surface area (Å²) < 4.78 is 0. The number of hydrogen-bond acceptors (Lipinski definition) is 0. The Kier molecular flexibility index (Phi) is 4.84. The minimum Gasteiger partial charge on any atom is -0.122 e. The standard InChI is InChI=1S/C10H14Br2Cl2/c1-10(2)8(14)5-7(13)6(3-4-11)9(10)12/h3,7-9H,4-5H2,1-2H3/b6-3-/t7-,8-,9+/m1/s1. The highest BCUT2D eigenvalue weighted by Crippen LogP contribution is 2.47. The van der Waals surface area contributed by atoms with Crippen molar-refractivity contribution in [2.75, 3.05) is 5.33 Å². The van der Waals surface area contributed by atoms with Crippen LogP contribution in [0.3, 0.4) is 0 Å². The lowest BCUT2D eigenvalue weighted by molar-refractivity contribution is 0.313. The van der Waals surface area contributed by atoms with E-state index in [9.17, 15) is 0 Å². The van der Waals surface area contributed by atoms with Crippen LogP contribution in [-0.2, 0) is 0 Å². The van der Waals surface area contributed by atoms with Gasteiger partial charge in [-0.25, -0.2) is 0 Å². The molecule has 1 saturated carbocycles. The molecular weight excluding hydrogens is 351 g/mol. The SMILES string of the molecule is CC1(C)[C@H](Cl)C[C@@H](Cl)/C(=C/CBr)[C@@H]1Br. The molecule has 3 atom stereocenters. The smallest absolute Gasteiger partial charge is 0.0570 e. The molecule has 0 bridgehead atoms. The highest BCUT2D eigenvalue weighted by Gasteiger charge is 2.44. The van der Waals surface area contributed by atoms with Crippen LogP contribution in [0.1, 0.15) is 20.3 Å². The van der Waals surface area contributed by atoms with Crippen molar-refractivity contribution in [3.63, 3.8) is 0 Å². The quantitative estimate of drug-likeness (QED) is 0.466. The lowest BCUT2D eigenvalue weighted by atomic mass is 9.74. The van der Waals surface area contributed by atoms with E-state index in [0.29, 0.717) is 0 Å². The van der Waals surface area contributed by atoms with Crippen molar-refractivity contribution in [2.45, 2.75) is 35.8 Å². The van der Waals surface area contributed by atoms with Crippen LogP contribution in [0.5, 0.6) is 0 Å². The van der Waals surface area contributed by atoms with Crippen LogP contribution >= 0.6 is 55.1 Å². The second kappa shape index (κ2) is 5.07. The molecule has 4 heteroatoms. The van der Waals surface area contributed by atoms with E-state index in [1.807, 2.05) is 0 Å². The van der Waals surface area contributed by atoms with E-state index in [1.165, 1.54) is 5.57 Å². The molecule has 0 nitrogen and oxygen atoms in total. The predicted molar refractivity (Wildman–Crippen MR) is 72.3 cm³/mol. The monoisotopic (exact) mass is 362 g/mol. The van der Waals surface area contributed by atoms with Crippen molar-refractivity contribution in [1.82, 2.24) is 0 Å². The Morgan fingerprint density at radius 2 is 2.07 bits per heavy atom. The van der Waals surface area contributed by atoms with Crippen molar-refractivity contribution >= 4 is 55.1 Å². The second-order valence-electron chi connectivity index (χ2n) is 4.21. The van der Waals surface area contributed by atoms with Gasteiger partial charge in [0.25, 0.3) is 0 Å². The minimum absolute atomic E-state index is 0.0565. The maximum Gasteiger partial charge on any atom is 0.0570 e. The van der Waals surface area contributed by atoms with Crippen LogP contribution in [0.4, 0.5) is 0 Å². The molecule has 82 valence electrons. The highest BCUT2D eigenvalue weighted by atomic mass is 79.9. The lowest BCUT2D eigenvalue weighted by Gasteiger charge is -2.43. The van der Waals surface area contributed by atoms with Gasteiger partial charge in [-0.1, -0.05) is 51.8 Å². The molecule has 0 aromatic rings. The maximum atomic E-state index is 6.31. The van der Waals surface area contributed by atoms with E-state index in [4.69, 9.17) is 23.2 Å². The summed E-state index contributed by atoms with van der Waals surface area (Å²) in [6.07, 6.45) is 2.98. The fourth-order valence-electron chi connectivity index (χ4n) is 1.69. The first-order chi connectivity index (χ1) is 6.41. The fourth-order valence-corrected chi connectivity index (χ4v) is 3.98. The van der Waals surface area contributed by atoms with Gasteiger partial charge in [-0.15, -0.1) is 23.2 Å². The van der Waals surface area contributed by atoms with Gasteiger partial charge in [-0.3, -0.25) is 0 Å². The Bertz CT molecular complexity index is 238. The molecule has 1 fully saturated rings. The first-order valence-electron chi connectivity index (χ1n) is 4.59. The summed E-state index contributed by atoms with van der Waals surface area (Å²) >= 11 is 19.7. The second-order valence-corrected chi connectivity index (χ2v) is 6.83. The molecule has 0 spiro atoms. The van der Waals surface area contributed by atoms with Crippen LogP contribution < -0.4 is 0 Å². The van der Waals surface area contributed by atoms with E-state index in [0.717, 1.165) is 11.8 Å². The summed E-state index contributed by atoms with van der Waals surface area (Å²) in [5.74, 6) is 0. The van der Waals surface area contributed by atoms with Crippen LogP contribution in [-0.4, -0.2) is 20.9 Å². The largest absolute Gasteiger partial charge is 0.122 e. The van der Waals surface area contributed by atoms with Crippen LogP contribution in [0.15, 0.2) is 11.6 Å². The Balaban J connectivity index is 2.95. The zero-order valence-electron chi connectivity index (χ0n) is 8.24. The normalized spacial score (nSPS) is 40.1. The molecule has 14 heavy (non-hydrogen) atoms. The van der Waals surface area contributed by atoms with Gasteiger partial charge in [0.15, 0.2) is 0 Å². The third-order valence-electron chi connectivity index (χ3n) is 2.84. The van der Waals surface area contributed by atoms with E-state index in [-0.39, 0.29) is 21.0 Å². The summed E-state index contributed by atoms with van der Waals surface area (Å²) in [6.45, 7) is 4.35. The van der Waals surface area contributed by atoms with E-state index in [1.54, 1.807) is 0 Å². The van der Waals surface area contributed by atoms with Gasteiger partial charge in [-0.05, 0) is 17.4 Å². The fraction of sp³-hybridized carbons (Fsp3) is 0.800. The highest BCUT2D eigenvalue weighted by molar-refractivity contribution is 9.09. The third kappa shape index (κ3) is 2.50. The Morgan fingerprint density at radius 1 is 1.50 bits per heavy atom. The number of allylic oxidation sites excluding steroid dienone is 2. The molecule has 0 heterocycles. The van der Waals surface area contributed by atoms with Crippen molar-refractivity contribution in [1.29, 1.82) is 0 Å². The zero-order valence-corrected chi connectivity index (χ0v) is 12.9. The van der Waals surface area contributed by atoms with Gasteiger partial charge in [0.05, 0.1) is 5.38 Å². The van der Waals surface area contributed by atoms with Crippen molar-refractivity contribution in [2.24, 2.45) is 5.41 Å². The van der Waals surface area contributed by atoms with Crippen molar-refractivity contribution in [3.05, 3.63) is 11.6 Å². The molecule has 0 aromatic heterocycles. The van der Waals surface area contributed by atoms with E-state index < -0.39 is 0 Å². The molecule has 0 unspecified atom stereocenters. The summed E-state index contributed by atoms with van der Waals surface area (Å²) in [5, 5.41) is 1.03. The molecule has 1 rings (SSSR count). The number of hydrogen-bond donors (Lipinski definition) is 0. The van der Waals surface area contributed by atoms with Crippen LogP contribution in [0, 0.1) is 5.41 Å². The van der Waals surface area contributed by atoms with Crippen LogP contribution in [0.2, 0.25) is 0 Å². The molecule has 0 amide bonds. The van der Waals surface area contributed by atoms with Gasteiger partial charge in [-0.2, -0.15) is 0 Å². The van der Waals surface area contributed by atoms with Crippen molar-refractivity contribution < 1.29 is 0 Å². The zero-order chi connectivity index (χ0) is 10.9. The first kappa shape index (κ1) is 13.3. The predicted octanol–water partition coefficient (Wildman–Crippen LogP) is 4.72. The average molecular weight is 365 g/mol. The van der Waals surface area contributed by atoms with Crippen LogP contribution in [0.25, 0.3) is 0 Å². The third-order valence-corrected chi connectivity index (χ3v) is 6.04. The number of halogens is 4.